The number of aliphatic hydroxyl groups is 1. The van der Waals surface area contributed by atoms with Gasteiger partial charge in [-0.25, -0.2) is 13.2 Å². The second kappa shape index (κ2) is 3.16. The van der Waals surface area contributed by atoms with Crippen molar-refractivity contribution < 1.29 is 18.3 Å². The SMILES string of the molecule is OC1CNc2c(cc(F)c(F)c2F)C1. The van der Waals surface area contributed by atoms with Gasteiger partial charge in [0.1, 0.15) is 0 Å². The number of benzene rings is 1. The van der Waals surface area contributed by atoms with E-state index < -0.39 is 23.6 Å². The Morgan fingerprint density at radius 2 is 2.00 bits per heavy atom. The highest BCUT2D eigenvalue weighted by molar-refractivity contribution is 5.55. The second-order valence-electron chi connectivity index (χ2n) is 3.26. The normalized spacial score (nSPS) is 20.1. The van der Waals surface area contributed by atoms with Crippen molar-refractivity contribution in [3.05, 3.63) is 29.1 Å². The maximum absolute atomic E-state index is 13.1. The monoisotopic (exact) mass is 203 g/mol. The van der Waals surface area contributed by atoms with Crippen LogP contribution in [0, 0.1) is 17.5 Å². The van der Waals surface area contributed by atoms with Gasteiger partial charge in [0.25, 0.3) is 0 Å². The first-order chi connectivity index (χ1) is 6.59. The molecule has 0 aliphatic carbocycles. The lowest BCUT2D eigenvalue weighted by molar-refractivity contribution is 0.184. The fourth-order valence-electron chi connectivity index (χ4n) is 1.54. The summed E-state index contributed by atoms with van der Waals surface area (Å²) in [5.41, 5.74) is 0.217. The van der Waals surface area contributed by atoms with Crippen LogP contribution in [-0.2, 0) is 6.42 Å². The third kappa shape index (κ3) is 1.33. The first-order valence-corrected chi connectivity index (χ1v) is 4.18. The number of nitrogens with one attached hydrogen (secondary N) is 1. The molecular formula is C9H8F3NO. The van der Waals surface area contributed by atoms with Crippen LogP contribution in [-0.4, -0.2) is 17.8 Å². The molecule has 0 radical (unpaired) electrons. The summed E-state index contributed by atoms with van der Waals surface area (Å²) in [6.45, 7) is 0.148. The quantitative estimate of drug-likeness (QED) is 0.625. The second-order valence-corrected chi connectivity index (χ2v) is 3.26. The van der Waals surface area contributed by atoms with Gasteiger partial charge in [-0.15, -0.1) is 0 Å². The minimum Gasteiger partial charge on any atom is -0.391 e. The number of hydrogen-bond donors (Lipinski definition) is 2. The van der Waals surface area contributed by atoms with Gasteiger partial charge >= 0.3 is 0 Å². The van der Waals surface area contributed by atoms with Crippen LogP contribution >= 0.6 is 0 Å². The molecule has 0 aromatic heterocycles. The van der Waals surface area contributed by atoms with E-state index >= 15 is 0 Å². The van der Waals surface area contributed by atoms with Crippen LogP contribution in [0.2, 0.25) is 0 Å². The highest BCUT2D eigenvalue weighted by Gasteiger charge is 2.23. The van der Waals surface area contributed by atoms with E-state index in [-0.39, 0.29) is 24.2 Å². The fraction of sp³-hybridized carbons (Fsp3) is 0.333. The molecule has 0 bridgehead atoms. The van der Waals surface area contributed by atoms with E-state index in [4.69, 9.17) is 0 Å². The number of halogens is 3. The number of hydrogen-bond acceptors (Lipinski definition) is 2. The van der Waals surface area contributed by atoms with Crippen molar-refractivity contribution in [2.24, 2.45) is 0 Å². The van der Waals surface area contributed by atoms with E-state index in [9.17, 15) is 18.3 Å². The Hall–Kier alpha value is -1.23. The van der Waals surface area contributed by atoms with Crippen molar-refractivity contribution in [1.29, 1.82) is 0 Å². The van der Waals surface area contributed by atoms with E-state index in [2.05, 4.69) is 5.32 Å². The van der Waals surface area contributed by atoms with Crippen LogP contribution in [0.4, 0.5) is 18.9 Å². The smallest absolute Gasteiger partial charge is 0.196 e. The number of aliphatic hydroxyl groups excluding tert-OH is 1. The number of β-amino-alcohol motifs (C(OH)–C–C–N with tert-alkyl or cyclic N) is 1. The Morgan fingerprint density at radius 1 is 1.29 bits per heavy atom. The Labute approximate surface area is 78.4 Å². The molecule has 2 N–H and O–H groups in total. The molecule has 0 amide bonds. The summed E-state index contributed by atoms with van der Waals surface area (Å²) in [5, 5.41) is 11.7. The predicted molar refractivity (Wildman–Crippen MR) is 44.5 cm³/mol. The van der Waals surface area contributed by atoms with Gasteiger partial charge in [-0.2, -0.15) is 0 Å². The van der Waals surface area contributed by atoms with Crippen LogP contribution in [0.25, 0.3) is 0 Å². The first-order valence-electron chi connectivity index (χ1n) is 4.18. The van der Waals surface area contributed by atoms with Gasteiger partial charge in [-0.1, -0.05) is 0 Å². The molecule has 1 aliphatic heterocycles. The number of rotatable bonds is 0. The van der Waals surface area contributed by atoms with Crippen LogP contribution in [0.1, 0.15) is 5.56 Å². The molecule has 1 heterocycles. The standard InChI is InChI=1S/C9H8F3NO/c10-6-2-4-1-5(14)3-13-9(4)8(12)7(6)11/h2,5,13-14H,1,3H2. The maximum Gasteiger partial charge on any atom is 0.196 e. The molecule has 1 atom stereocenters. The third-order valence-electron chi connectivity index (χ3n) is 2.21. The van der Waals surface area contributed by atoms with Gasteiger partial charge in [-0.05, 0) is 11.6 Å². The zero-order chi connectivity index (χ0) is 10.3. The number of fused-ring (bicyclic) bond motifs is 1. The molecule has 0 saturated carbocycles. The molecule has 1 unspecified atom stereocenters. The largest absolute Gasteiger partial charge is 0.391 e. The zero-order valence-corrected chi connectivity index (χ0v) is 7.15. The first kappa shape index (κ1) is 9.33. The predicted octanol–water partition coefficient (Wildman–Crippen LogP) is 1.43. The van der Waals surface area contributed by atoms with Crippen molar-refractivity contribution in [3.63, 3.8) is 0 Å². The summed E-state index contributed by atoms with van der Waals surface area (Å²) in [7, 11) is 0. The van der Waals surface area contributed by atoms with Gasteiger partial charge in [0, 0.05) is 13.0 Å². The average Bonchev–Trinajstić information content (AvgIpc) is 2.14. The molecule has 0 spiro atoms. The topological polar surface area (TPSA) is 32.3 Å². The van der Waals surface area contributed by atoms with Crippen molar-refractivity contribution >= 4 is 5.69 Å². The van der Waals surface area contributed by atoms with E-state index in [0.717, 1.165) is 6.07 Å². The lowest BCUT2D eigenvalue weighted by atomic mass is 10.0. The maximum atomic E-state index is 13.1. The van der Waals surface area contributed by atoms with E-state index in [1.807, 2.05) is 0 Å². The minimum atomic E-state index is -1.48. The average molecular weight is 203 g/mol. The molecule has 1 aromatic carbocycles. The Morgan fingerprint density at radius 3 is 2.71 bits per heavy atom. The molecule has 0 fully saturated rings. The Bertz CT molecular complexity index is 381. The van der Waals surface area contributed by atoms with Gasteiger partial charge in [-0.3, -0.25) is 0 Å². The molecular weight excluding hydrogens is 195 g/mol. The van der Waals surface area contributed by atoms with Crippen LogP contribution in [0.15, 0.2) is 6.07 Å². The molecule has 14 heavy (non-hydrogen) atoms. The molecule has 1 aliphatic rings. The molecule has 76 valence electrons. The van der Waals surface area contributed by atoms with Crippen LogP contribution < -0.4 is 5.32 Å². The molecule has 1 aromatic rings. The minimum absolute atomic E-state index is 0.0470. The van der Waals surface area contributed by atoms with E-state index in [0.29, 0.717) is 0 Å². The third-order valence-corrected chi connectivity index (χ3v) is 2.21. The van der Waals surface area contributed by atoms with Crippen molar-refractivity contribution in [2.45, 2.75) is 12.5 Å². The summed E-state index contributed by atoms with van der Waals surface area (Å²) in [5.74, 6) is -3.92. The highest BCUT2D eigenvalue weighted by atomic mass is 19.2. The van der Waals surface area contributed by atoms with Crippen molar-refractivity contribution in [1.82, 2.24) is 0 Å². The van der Waals surface area contributed by atoms with Crippen LogP contribution in [0.5, 0.6) is 0 Å². The summed E-state index contributed by atoms with van der Waals surface area (Å²) in [6.07, 6.45) is -0.553. The van der Waals surface area contributed by atoms with Crippen LogP contribution in [0.3, 0.4) is 0 Å². The highest BCUT2D eigenvalue weighted by Crippen LogP contribution is 2.28. The molecule has 2 nitrogen and oxygen atoms in total. The lowest BCUT2D eigenvalue weighted by Gasteiger charge is -2.23. The van der Waals surface area contributed by atoms with Gasteiger partial charge < -0.3 is 10.4 Å². The summed E-state index contributed by atoms with van der Waals surface area (Å²) in [4.78, 5) is 0. The number of anilines is 1. The van der Waals surface area contributed by atoms with Crippen molar-refractivity contribution in [2.75, 3.05) is 11.9 Å². The van der Waals surface area contributed by atoms with E-state index in [1.165, 1.54) is 0 Å². The van der Waals surface area contributed by atoms with Gasteiger partial charge in [0.05, 0.1) is 11.8 Å². The summed E-state index contributed by atoms with van der Waals surface area (Å²) in [6, 6.07) is 0.906. The van der Waals surface area contributed by atoms with Crippen molar-refractivity contribution in [3.8, 4) is 0 Å². The molecule has 2 rings (SSSR count). The lowest BCUT2D eigenvalue weighted by Crippen LogP contribution is -2.28. The van der Waals surface area contributed by atoms with E-state index in [1.54, 1.807) is 0 Å². The zero-order valence-electron chi connectivity index (χ0n) is 7.15. The van der Waals surface area contributed by atoms with Gasteiger partial charge in [0.15, 0.2) is 17.5 Å². The molecule has 0 saturated heterocycles. The Balaban J connectivity index is 2.54. The fourth-order valence-corrected chi connectivity index (χ4v) is 1.54. The summed E-state index contributed by atoms with van der Waals surface area (Å²) < 4.78 is 38.6. The summed E-state index contributed by atoms with van der Waals surface area (Å²) >= 11 is 0. The Kier molecular flexibility index (Phi) is 2.11. The molecule has 5 heteroatoms. The van der Waals surface area contributed by atoms with Gasteiger partial charge in [0.2, 0.25) is 0 Å².